The summed E-state index contributed by atoms with van der Waals surface area (Å²) in [6.07, 6.45) is 1.83. The summed E-state index contributed by atoms with van der Waals surface area (Å²) < 4.78 is 5.25. The molecule has 0 aliphatic carbocycles. The Bertz CT molecular complexity index is 432. The van der Waals surface area contributed by atoms with Crippen molar-refractivity contribution >= 4 is 11.8 Å². The molecule has 0 aromatic heterocycles. The minimum Gasteiger partial charge on any atom is -0.368 e. The molecular formula is C14H18N2O3. The van der Waals surface area contributed by atoms with Crippen LogP contribution in [0, 0.1) is 0 Å². The molecule has 102 valence electrons. The number of benzene rings is 1. The van der Waals surface area contributed by atoms with E-state index in [4.69, 9.17) is 10.5 Å². The molecule has 1 aromatic rings. The molecule has 5 heteroatoms. The van der Waals surface area contributed by atoms with Gasteiger partial charge in [-0.3, -0.25) is 9.59 Å². The van der Waals surface area contributed by atoms with Gasteiger partial charge in [-0.05, 0) is 12.0 Å². The molecule has 3 N–H and O–H groups in total. The zero-order chi connectivity index (χ0) is 14.1. The number of rotatable bonds is 8. The SMILES string of the molecule is C=CC[C@H](NC(=O)COCc1ccccc1)C(N)=O. The van der Waals surface area contributed by atoms with Gasteiger partial charge in [0.25, 0.3) is 0 Å². The molecule has 0 spiro atoms. The van der Waals surface area contributed by atoms with E-state index in [-0.39, 0.29) is 12.5 Å². The second-order valence-electron chi connectivity index (χ2n) is 4.03. The van der Waals surface area contributed by atoms with Crippen LogP contribution in [0.2, 0.25) is 0 Å². The molecule has 0 bridgehead atoms. The molecule has 0 heterocycles. The predicted molar refractivity (Wildman–Crippen MR) is 72.0 cm³/mol. The Hall–Kier alpha value is -2.14. The fourth-order valence-electron chi connectivity index (χ4n) is 1.48. The Kier molecular flexibility index (Phi) is 6.32. The third-order valence-electron chi connectivity index (χ3n) is 2.43. The summed E-state index contributed by atoms with van der Waals surface area (Å²) in [7, 11) is 0. The van der Waals surface area contributed by atoms with Gasteiger partial charge >= 0.3 is 0 Å². The van der Waals surface area contributed by atoms with Crippen molar-refractivity contribution in [2.75, 3.05) is 6.61 Å². The lowest BCUT2D eigenvalue weighted by molar-refractivity contribution is -0.130. The highest BCUT2D eigenvalue weighted by Gasteiger charge is 2.16. The minimum absolute atomic E-state index is 0.115. The Balaban J connectivity index is 2.31. The standard InChI is InChI=1S/C14H18N2O3/c1-2-6-12(14(15)18)16-13(17)10-19-9-11-7-4-3-5-8-11/h2-5,7-8,12H,1,6,9-10H2,(H2,15,18)(H,16,17)/t12-/m0/s1. The molecule has 0 saturated carbocycles. The fourth-order valence-corrected chi connectivity index (χ4v) is 1.48. The van der Waals surface area contributed by atoms with Crippen molar-refractivity contribution in [1.82, 2.24) is 5.32 Å². The molecule has 0 aliphatic heterocycles. The van der Waals surface area contributed by atoms with Gasteiger partial charge in [-0.1, -0.05) is 36.4 Å². The molecule has 0 unspecified atom stereocenters. The molecule has 19 heavy (non-hydrogen) atoms. The van der Waals surface area contributed by atoms with Gasteiger partial charge in [0.05, 0.1) is 6.61 Å². The summed E-state index contributed by atoms with van der Waals surface area (Å²) in [6.45, 7) is 3.73. The average Bonchev–Trinajstić information content (AvgIpc) is 2.39. The molecule has 0 radical (unpaired) electrons. The Labute approximate surface area is 112 Å². The summed E-state index contributed by atoms with van der Waals surface area (Å²) in [5.74, 6) is -0.960. The Morgan fingerprint density at radius 2 is 2.05 bits per heavy atom. The van der Waals surface area contributed by atoms with Gasteiger partial charge in [0.2, 0.25) is 11.8 Å². The molecule has 5 nitrogen and oxygen atoms in total. The number of hydrogen-bond acceptors (Lipinski definition) is 3. The summed E-state index contributed by atoms with van der Waals surface area (Å²) >= 11 is 0. The number of nitrogens with one attached hydrogen (secondary N) is 1. The highest BCUT2D eigenvalue weighted by Crippen LogP contribution is 2.00. The van der Waals surface area contributed by atoms with Crippen LogP contribution in [0.4, 0.5) is 0 Å². The number of carbonyl (C=O) groups excluding carboxylic acids is 2. The number of primary amides is 1. The van der Waals surface area contributed by atoms with Crippen molar-refractivity contribution in [3.8, 4) is 0 Å². The lowest BCUT2D eigenvalue weighted by Gasteiger charge is -2.13. The van der Waals surface area contributed by atoms with Crippen LogP contribution in [0.5, 0.6) is 0 Å². The molecular weight excluding hydrogens is 244 g/mol. The zero-order valence-corrected chi connectivity index (χ0v) is 10.7. The first-order valence-electron chi connectivity index (χ1n) is 5.94. The third-order valence-corrected chi connectivity index (χ3v) is 2.43. The fraction of sp³-hybridized carbons (Fsp3) is 0.286. The Morgan fingerprint density at radius 3 is 2.63 bits per heavy atom. The number of amides is 2. The van der Waals surface area contributed by atoms with Gasteiger partial charge < -0.3 is 15.8 Å². The quantitative estimate of drug-likeness (QED) is 0.678. The highest BCUT2D eigenvalue weighted by molar-refractivity contribution is 5.87. The molecule has 1 rings (SSSR count). The van der Waals surface area contributed by atoms with Crippen molar-refractivity contribution in [3.63, 3.8) is 0 Å². The normalized spacial score (nSPS) is 11.6. The molecule has 0 aliphatic rings. The van der Waals surface area contributed by atoms with E-state index in [0.717, 1.165) is 5.56 Å². The lowest BCUT2D eigenvalue weighted by Crippen LogP contribution is -2.45. The first-order valence-corrected chi connectivity index (χ1v) is 5.94. The second kappa shape index (κ2) is 8.05. The summed E-state index contributed by atoms with van der Waals surface area (Å²) in [5.41, 5.74) is 6.13. The van der Waals surface area contributed by atoms with E-state index in [0.29, 0.717) is 13.0 Å². The van der Waals surface area contributed by atoms with Gasteiger partial charge in [0, 0.05) is 0 Å². The molecule has 1 aromatic carbocycles. The van der Waals surface area contributed by atoms with E-state index >= 15 is 0 Å². The number of carbonyl (C=O) groups is 2. The topological polar surface area (TPSA) is 81.4 Å². The second-order valence-corrected chi connectivity index (χ2v) is 4.03. The molecule has 1 atom stereocenters. The summed E-state index contributed by atoms with van der Waals surface area (Å²) in [5, 5.41) is 2.49. The highest BCUT2D eigenvalue weighted by atomic mass is 16.5. The summed E-state index contributed by atoms with van der Waals surface area (Å²) in [4.78, 5) is 22.6. The number of ether oxygens (including phenoxy) is 1. The van der Waals surface area contributed by atoms with Crippen LogP contribution >= 0.6 is 0 Å². The number of hydrogen-bond donors (Lipinski definition) is 2. The maximum atomic E-state index is 11.5. The van der Waals surface area contributed by atoms with Crippen molar-refractivity contribution in [3.05, 3.63) is 48.6 Å². The van der Waals surface area contributed by atoms with E-state index in [9.17, 15) is 9.59 Å². The van der Waals surface area contributed by atoms with Crippen LogP contribution in [-0.4, -0.2) is 24.5 Å². The summed E-state index contributed by atoms with van der Waals surface area (Å²) in [6, 6.07) is 8.77. The van der Waals surface area contributed by atoms with Crippen molar-refractivity contribution < 1.29 is 14.3 Å². The van der Waals surface area contributed by atoms with E-state index in [1.165, 1.54) is 6.08 Å². The van der Waals surface area contributed by atoms with Crippen LogP contribution in [0.25, 0.3) is 0 Å². The Morgan fingerprint density at radius 1 is 1.37 bits per heavy atom. The largest absolute Gasteiger partial charge is 0.368 e. The van der Waals surface area contributed by atoms with Gasteiger partial charge in [0.1, 0.15) is 12.6 Å². The zero-order valence-electron chi connectivity index (χ0n) is 10.7. The van der Waals surface area contributed by atoms with Gasteiger partial charge in [-0.25, -0.2) is 0 Å². The van der Waals surface area contributed by atoms with Crippen molar-refractivity contribution in [1.29, 1.82) is 0 Å². The monoisotopic (exact) mass is 262 g/mol. The van der Waals surface area contributed by atoms with Crippen molar-refractivity contribution in [2.24, 2.45) is 5.73 Å². The van der Waals surface area contributed by atoms with Gasteiger partial charge in [0.15, 0.2) is 0 Å². The first-order chi connectivity index (χ1) is 9.13. The maximum absolute atomic E-state index is 11.5. The van der Waals surface area contributed by atoms with Gasteiger partial charge in [-0.15, -0.1) is 6.58 Å². The van der Waals surface area contributed by atoms with E-state index in [1.807, 2.05) is 30.3 Å². The lowest BCUT2D eigenvalue weighted by atomic mass is 10.2. The van der Waals surface area contributed by atoms with E-state index in [2.05, 4.69) is 11.9 Å². The molecule has 0 saturated heterocycles. The third kappa shape index (κ3) is 5.83. The van der Waals surface area contributed by atoms with Crippen molar-refractivity contribution in [2.45, 2.75) is 19.1 Å². The first kappa shape index (κ1) is 14.9. The minimum atomic E-state index is -0.731. The maximum Gasteiger partial charge on any atom is 0.246 e. The van der Waals surface area contributed by atoms with Crippen LogP contribution in [0.3, 0.4) is 0 Å². The molecule has 2 amide bonds. The smallest absolute Gasteiger partial charge is 0.246 e. The average molecular weight is 262 g/mol. The van der Waals surface area contributed by atoms with Crippen LogP contribution in [0.1, 0.15) is 12.0 Å². The number of nitrogens with two attached hydrogens (primary N) is 1. The van der Waals surface area contributed by atoms with Gasteiger partial charge in [-0.2, -0.15) is 0 Å². The van der Waals surface area contributed by atoms with E-state index < -0.39 is 11.9 Å². The molecule has 0 fully saturated rings. The van der Waals surface area contributed by atoms with E-state index in [1.54, 1.807) is 0 Å². The van der Waals surface area contributed by atoms with Crippen LogP contribution in [0.15, 0.2) is 43.0 Å². The predicted octanol–water partition coefficient (Wildman–Crippen LogP) is 0.749. The van der Waals surface area contributed by atoms with Crippen LogP contribution < -0.4 is 11.1 Å². The van der Waals surface area contributed by atoms with Crippen LogP contribution in [-0.2, 0) is 20.9 Å².